The molecule has 1 N–H and O–H groups in total. The molecule has 0 amide bonds. The summed E-state index contributed by atoms with van der Waals surface area (Å²) in [7, 11) is 0. The summed E-state index contributed by atoms with van der Waals surface area (Å²) in [5.41, 5.74) is 4.93. The third kappa shape index (κ3) is 3.02. The molecule has 0 fully saturated rings. The van der Waals surface area contributed by atoms with Crippen LogP contribution in [0, 0.1) is 0 Å². The number of rotatable bonds is 5. The number of para-hydroxylation sites is 1. The van der Waals surface area contributed by atoms with Gasteiger partial charge in [-0.2, -0.15) is 16.4 Å². The standard InChI is InChI=1S/C24H21BN/c1-5-13-21(14-6-1)25(22-15-7-2-8-16-22,23-17-9-3-10-18-23)26-24-19-11-4-12-20-24/h1-20,26H/q-1. The monoisotopic (exact) mass is 334 g/mol. The largest absolute Gasteiger partial charge is 0.547 e. The van der Waals surface area contributed by atoms with Crippen molar-refractivity contribution in [2.45, 2.75) is 0 Å². The van der Waals surface area contributed by atoms with Crippen molar-refractivity contribution in [1.29, 1.82) is 0 Å². The Balaban J connectivity index is 2.00. The van der Waals surface area contributed by atoms with E-state index >= 15 is 0 Å². The lowest BCUT2D eigenvalue weighted by molar-refractivity contribution is 1.60. The zero-order valence-electron chi connectivity index (χ0n) is 14.6. The van der Waals surface area contributed by atoms with E-state index in [4.69, 9.17) is 0 Å². The lowest BCUT2D eigenvalue weighted by Crippen LogP contribution is -2.72. The fourth-order valence-electron chi connectivity index (χ4n) is 3.84. The molecule has 0 aromatic heterocycles. The highest BCUT2D eigenvalue weighted by Gasteiger charge is 2.30. The first-order valence-corrected chi connectivity index (χ1v) is 9.05. The molecule has 0 heterocycles. The molecule has 4 rings (SSSR count). The fourth-order valence-corrected chi connectivity index (χ4v) is 3.84. The lowest BCUT2D eigenvalue weighted by atomic mass is 9.24. The van der Waals surface area contributed by atoms with Crippen LogP contribution in [0.15, 0.2) is 121 Å². The molecule has 4 aromatic rings. The molecule has 0 bridgehead atoms. The molecular weight excluding hydrogens is 313 g/mol. The van der Waals surface area contributed by atoms with Gasteiger partial charge in [0.2, 0.25) is 0 Å². The van der Waals surface area contributed by atoms with Gasteiger partial charge in [-0.1, -0.05) is 109 Å². The second kappa shape index (κ2) is 7.32. The van der Waals surface area contributed by atoms with E-state index in [9.17, 15) is 0 Å². The highest BCUT2D eigenvalue weighted by molar-refractivity contribution is 7.13. The van der Waals surface area contributed by atoms with Crippen LogP contribution in [0.1, 0.15) is 0 Å². The molecule has 0 aliphatic heterocycles. The highest BCUT2D eigenvalue weighted by atomic mass is 14.8. The third-order valence-corrected chi connectivity index (χ3v) is 5.06. The maximum atomic E-state index is 3.90. The highest BCUT2D eigenvalue weighted by Crippen LogP contribution is 2.14. The zero-order chi connectivity index (χ0) is 17.7. The number of hydrogen-bond donors (Lipinski definition) is 1. The van der Waals surface area contributed by atoms with Crippen LogP contribution in [0.2, 0.25) is 0 Å². The Morgan fingerprint density at radius 3 is 1.04 bits per heavy atom. The number of nitrogens with one attached hydrogen (secondary N) is 1. The van der Waals surface area contributed by atoms with Crippen LogP contribution in [0.4, 0.5) is 5.69 Å². The van der Waals surface area contributed by atoms with Crippen molar-refractivity contribution in [3.8, 4) is 0 Å². The maximum absolute atomic E-state index is 3.90. The average molecular weight is 334 g/mol. The second-order valence-electron chi connectivity index (χ2n) is 6.61. The summed E-state index contributed by atoms with van der Waals surface area (Å²) in [6, 6.07) is 42.7. The van der Waals surface area contributed by atoms with Crippen LogP contribution >= 0.6 is 0 Å². The quantitative estimate of drug-likeness (QED) is 0.548. The summed E-state index contributed by atoms with van der Waals surface area (Å²) in [6.45, 7) is 0. The van der Waals surface area contributed by atoms with Crippen LogP contribution in [0.25, 0.3) is 0 Å². The molecule has 1 nitrogen and oxygen atoms in total. The van der Waals surface area contributed by atoms with Gasteiger partial charge in [0, 0.05) is 0 Å². The number of hydrogen-bond acceptors (Lipinski definition) is 1. The Labute approximate surface area is 155 Å². The van der Waals surface area contributed by atoms with Gasteiger partial charge in [-0.3, -0.25) is 0 Å². The van der Waals surface area contributed by atoms with Gasteiger partial charge in [0.25, 0.3) is 0 Å². The van der Waals surface area contributed by atoms with Crippen molar-refractivity contribution in [3.05, 3.63) is 121 Å². The first-order chi connectivity index (χ1) is 12.9. The molecule has 4 aromatic carbocycles. The van der Waals surface area contributed by atoms with E-state index in [0.29, 0.717) is 0 Å². The molecule has 2 heteroatoms. The molecule has 126 valence electrons. The smallest absolute Gasteiger partial charge is 0.166 e. The first-order valence-electron chi connectivity index (χ1n) is 9.05. The van der Waals surface area contributed by atoms with Gasteiger partial charge < -0.3 is 5.23 Å². The molecule has 0 spiro atoms. The van der Waals surface area contributed by atoms with Gasteiger partial charge in [0.1, 0.15) is 0 Å². The van der Waals surface area contributed by atoms with Crippen molar-refractivity contribution in [1.82, 2.24) is 0 Å². The van der Waals surface area contributed by atoms with E-state index in [2.05, 4.69) is 120 Å². The van der Waals surface area contributed by atoms with E-state index in [1.165, 1.54) is 16.4 Å². The molecule has 0 aliphatic carbocycles. The van der Waals surface area contributed by atoms with Crippen LogP contribution in [0.3, 0.4) is 0 Å². The normalized spacial score (nSPS) is 11.1. The van der Waals surface area contributed by atoms with Crippen LogP contribution < -0.4 is 21.6 Å². The molecule has 0 saturated heterocycles. The SMILES string of the molecule is c1ccc(N[B-](c2ccccc2)(c2ccccc2)c2ccccc2)cc1. The first kappa shape index (κ1) is 16.2. The Morgan fingerprint density at radius 1 is 0.385 bits per heavy atom. The summed E-state index contributed by atoms with van der Waals surface area (Å²) < 4.78 is 0. The van der Waals surface area contributed by atoms with Crippen LogP contribution in [-0.4, -0.2) is 6.28 Å². The van der Waals surface area contributed by atoms with E-state index in [1.54, 1.807) is 0 Å². The van der Waals surface area contributed by atoms with E-state index < -0.39 is 6.28 Å². The minimum absolute atomic E-state index is 1.11. The van der Waals surface area contributed by atoms with Crippen LogP contribution in [0.5, 0.6) is 0 Å². The van der Waals surface area contributed by atoms with Gasteiger partial charge in [0.05, 0.1) is 0 Å². The minimum Gasteiger partial charge on any atom is -0.547 e. The minimum atomic E-state index is -1.34. The Hall–Kier alpha value is -3.26. The molecular formula is C24H21BN-. The van der Waals surface area contributed by atoms with Gasteiger partial charge in [-0.25, -0.2) is 0 Å². The van der Waals surface area contributed by atoms with Gasteiger partial charge in [-0.15, -0.1) is 0 Å². The third-order valence-electron chi connectivity index (χ3n) is 5.06. The fraction of sp³-hybridized carbons (Fsp3) is 0. The van der Waals surface area contributed by atoms with Crippen molar-refractivity contribution in [2.24, 2.45) is 0 Å². The zero-order valence-corrected chi connectivity index (χ0v) is 14.6. The summed E-state index contributed by atoms with van der Waals surface area (Å²) in [6.07, 6.45) is -1.34. The van der Waals surface area contributed by atoms with E-state index in [0.717, 1.165) is 5.69 Å². The van der Waals surface area contributed by atoms with Crippen molar-refractivity contribution >= 4 is 28.4 Å². The summed E-state index contributed by atoms with van der Waals surface area (Å²) in [5.74, 6) is 0. The second-order valence-corrected chi connectivity index (χ2v) is 6.61. The predicted molar refractivity (Wildman–Crippen MR) is 114 cm³/mol. The Morgan fingerprint density at radius 2 is 0.692 bits per heavy atom. The molecule has 0 radical (unpaired) electrons. The molecule has 26 heavy (non-hydrogen) atoms. The molecule has 0 saturated carbocycles. The molecule has 0 aliphatic rings. The van der Waals surface area contributed by atoms with Crippen molar-refractivity contribution < 1.29 is 0 Å². The maximum Gasteiger partial charge on any atom is 0.166 e. The predicted octanol–water partition coefficient (Wildman–Crippen LogP) is 3.77. The summed E-state index contributed by atoms with van der Waals surface area (Å²) in [5, 5.41) is 3.90. The van der Waals surface area contributed by atoms with Gasteiger partial charge in [0.15, 0.2) is 6.28 Å². The van der Waals surface area contributed by atoms with Gasteiger partial charge in [-0.05, 0) is 17.8 Å². The van der Waals surface area contributed by atoms with Gasteiger partial charge >= 0.3 is 0 Å². The molecule has 0 unspecified atom stereocenters. The molecule has 0 atom stereocenters. The van der Waals surface area contributed by atoms with Crippen molar-refractivity contribution in [2.75, 3.05) is 5.23 Å². The Bertz CT molecular complexity index is 842. The van der Waals surface area contributed by atoms with Crippen LogP contribution in [-0.2, 0) is 0 Å². The number of benzene rings is 4. The summed E-state index contributed by atoms with van der Waals surface area (Å²) in [4.78, 5) is 0. The van der Waals surface area contributed by atoms with E-state index in [1.807, 2.05) is 6.07 Å². The topological polar surface area (TPSA) is 12.0 Å². The van der Waals surface area contributed by atoms with E-state index in [-0.39, 0.29) is 0 Å². The lowest BCUT2D eigenvalue weighted by Gasteiger charge is -2.45. The Kier molecular flexibility index (Phi) is 4.57. The number of anilines is 1. The summed E-state index contributed by atoms with van der Waals surface area (Å²) >= 11 is 0. The van der Waals surface area contributed by atoms with Crippen molar-refractivity contribution in [3.63, 3.8) is 0 Å². The average Bonchev–Trinajstić information content (AvgIpc) is 2.75.